The number of ether oxygens (including phenoxy) is 1. The summed E-state index contributed by atoms with van der Waals surface area (Å²) >= 11 is 0. The van der Waals surface area contributed by atoms with Crippen molar-refractivity contribution in [3.05, 3.63) is 218 Å². The zero-order chi connectivity index (χ0) is 106. The van der Waals surface area contributed by atoms with Gasteiger partial charge in [0.15, 0.2) is 23.1 Å². The van der Waals surface area contributed by atoms with E-state index in [1.807, 2.05) is 106 Å². The van der Waals surface area contributed by atoms with Crippen LogP contribution in [0.3, 0.4) is 0 Å². The number of amides is 7. The molecule has 31 heteroatoms. The van der Waals surface area contributed by atoms with E-state index in [2.05, 4.69) is 16.0 Å². The lowest BCUT2D eigenvalue weighted by Crippen LogP contribution is -2.58. The zero-order valence-electron chi connectivity index (χ0n) is 87.4. The lowest BCUT2D eigenvalue weighted by molar-refractivity contribution is -0.149. The number of nitrogens with one attached hydrogen (secondary N) is 3. The Hall–Kier alpha value is -12.3. The van der Waals surface area contributed by atoms with E-state index < -0.39 is 83.6 Å². The van der Waals surface area contributed by atoms with E-state index in [0.717, 1.165) is 44.5 Å². The molecule has 0 spiro atoms. The van der Waals surface area contributed by atoms with Gasteiger partial charge in [-0.1, -0.05) is 140 Å². The molecule has 7 rings (SSSR count). The Morgan fingerprint density at radius 2 is 0.590 bits per heavy atom. The quantitative estimate of drug-likeness (QED) is 0.0173. The summed E-state index contributed by atoms with van der Waals surface area (Å²) in [7, 11) is 16.8. The number of phenolic OH excluding ortho intramolecular Hbond substituents is 5. The van der Waals surface area contributed by atoms with Gasteiger partial charge in [0.25, 0.3) is 0 Å². The number of aryl methyl sites for hydroxylation is 5. The molecule has 0 aliphatic rings. The number of benzene rings is 7. The molecule has 0 saturated heterocycles. The van der Waals surface area contributed by atoms with Crippen LogP contribution >= 0.6 is 0 Å². The van der Waals surface area contributed by atoms with E-state index in [1.54, 1.807) is 174 Å². The molecule has 0 heterocycles. The maximum atomic E-state index is 13.9. The van der Waals surface area contributed by atoms with Gasteiger partial charge in [-0.2, -0.15) is 0 Å². The fraction of sp³-hybridized carbons (Fsp3) is 0.500. The first-order valence-electron chi connectivity index (χ1n) is 46.8. The van der Waals surface area contributed by atoms with Crippen LogP contribution in [-0.4, -0.2) is 273 Å². The number of rotatable bonds is 39. The normalized spacial score (nSPS) is 13.6. The summed E-state index contributed by atoms with van der Waals surface area (Å²) in [6.45, 7) is 36.7. The van der Waals surface area contributed by atoms with Gasteiger partial charge in [0.2, 0.25) is 35.4 Å². The van der Waals surface area contributed by atoms with Crippen LogP contribution in [0.4, 0.5) is 13.6 Å². The Bertz CT molecular complexity index is 5280. The number of alkyl carbamates (subject to hydrolysis) is 1. The Morgan fingerprint density at radius 1 is 0.331 bits per heavy atom. The van der Waals surface area contributed by atoms with Gasteiger partial charge in [0, 0.05) is 48.7 Å². The number of hydrogen-bond acceptors (Lipinski definition) is 22. The van der Waals surface area contributed by atoms with Gasteiger partial charge >= 0.3 is 6.09 Å². The van der Waals surface area contributed by atoms with Gasteiger partial charge in [-0.15, -0.1) is 0 Å². The number of phenols is 5. The molecule has 11 atom stereocenters. The second-order valence-electron chi connectivity index (χ2n) is 38.8. The van der Waals surface area contributed by atoms with E-state index in [4.69, 9.17) is 10.5 Å². The summed E-state index contributed by atoms with van der Waals surface area (Å²) in [5, 5.41) is 56.9. The highest BCUT2D eigenvalue weighted by Crippen LogP contribution is 2.29. The van der Waals surface area contributed by atoms with Gasteiger partial charge in [-0.05, 0) is 302 Å². The van der Waals surface area contributed by atoms with Crippen molar-refractivity contribution in [1.29, 1.82) is 0 Å². The summed E-state index contributed by atoms with van der Waals surface area (Å²) in [6, 6.07) is 30.3. The lowest BCUT2D eigenvalue weighted by Gasteiger charge is -2.37. The number of carbonyl (C=O) groups is 12. The van der Waals surface area contributed by atoms with Crippen molar-refractivity contribution in [3.63, 3.8) is 0 Å². The molecule has 0 saturated carbocycles. The molecule has 7 aromatic carbocycles. The van der Waals surface area contributed by atoms with Crippen LogP contribution < -0.4 is 21.7 Å². The minimum absolute atomic E-state index is 0.0355. The third-order valence-corrected chi connectivity index (χ3v) is 24.5. The molecule has 29 nitrogen and oxygen atoms in total. The summed E-state index contributed by atoms with van der Waals surface area (Å²) in [5.41, 5.74) is 14.8. The third kappa shape index (κ3) is 37.7. The number of carbonyl (C=O) groups excluding carboxylic acids is 12. The Kier molecular flexibility index (Phi) is 48.7. The van der Waals surface area contributed by atoms with E-state index in [-0.39, 0.29) is 143 Å². The Balaban J connectivity index is 0.000000464. The Labute approximate surface area is 822 Å². The summed E-state index contributed by atoms with van der Waals surface area (Å²) in [6.07, 6.45) is 1.49. The molecule has 764 valence electrons. The number of aromatic hydroxyl groups is 5. The second-order valence-corrected chi connectivity index (χ2v) is 38.8. The van der Waals surface area contributed by atoms with Crippen molar-refractivity contribution in [2.24, 2.45) is 29.4 Å². The third-order valence-electron chi connectivity index (χ3n) is 24.5. The number of halogens is 2. The van der Waals surface area contributed by atoms with Crippen LogP contribution in [-0.2, 0) is 102 Å². The van der Waals surface area contributed by atoms with Crippen LogP contribution in [0.25, 0.3) is 0 Å². The van der Waals surface area contributed by atoms with E-state index in [9.17, 15) is 91.8 Å². The van der Waals surface area contributed by atoms with Crippen LogP contribution in [0.15, 0.2) is 140 Å². The van der Waals surface area contributed by atoms with Crippen LogP contribution in [0.1, 0.15) is 178 Å². The number of nitrogens with two attached hydrogens (primary N) is 1. The molecule has 0 unspecified atom stereocenters. The van der Waals surface area contributed by atoms with E-state index >= 15 is 0 Å². The summed E-state index contributed by atoms with van der Waals surface area (Å²) in [4.78, 5) is 164. The van der Waals surface area contributed by atoms with Crippen molar-refractivity contribution >= 4 is 70.5 Å². The molecule has 0 aliphatic heterocycles. The monoisotopic (exact) mass is 1930 g/mol. The van der Waals surface area contributed by atoms with Gasteiger partial charge < -0.3 is 81.4 Å². The zero-order valence-corrected chi connectivity index (χ0v) is 87.4. The number of ketones is 5. The minimum atomic E-state index is -1.11. The first-order valence-corrected chi connectivity index (χ1v) is 46.8. The molecular formula is C108H155F2N11O18. The standard InChI is InChI=1S/C32H44FN3O6.C27H36FN3O4.C19H30N2O3.C18H28N2O3.C12H17NO2/c1-19(2)28(30(40)35(8)26(21(4)37)18-23-12-15-27(38)20(3)16-23)36(9)29(39)25(34-31(41)42-32(5,6)7)17-22-10-13-24(33)14-11-22;1-16(2)25(31(6)26(34)22(29)14-19-7-10-21(28)11-8-19)27(35)30(5)23(18(4)32)15-20-9-12-24(33)17(3)13-20;1-12(2)18(20(5)6)19(24)21(7)16(14(4)22)11-15-8-9-17(23)13(3)10-15;1-11(2)17(19-5)18(23)20(6)15(13(4)21)10-14-7-8-16(22)12(3)9-14;1-8-6-10(4-5-12(8)15)7-11(13-3)9(2)14/h10-16,19,25-26,28,38H,17-18H2,1-9H3,(H,34,41);7-13,16,22-23,25,33H,14-15,29H2,1-6H3;8-10,12,16,18,23H,11H2,1-7H3;7-9,11,15,17,19,22H,10H2,1-6H3;4-6,11,13,15H,7H2,1-3H3/t25-,26-,28-;22-,23-,25-;16-,18-;15-,17-;11-/m00000/s1. The van der Waals surface area contributed by atoms with Gasteiger partial charge in [0.05, 0.1) is 48.3 Å². The predicted molar refractivity (Wildman–Crippen MR) is 539 cm³/mol. The molecule has 0 radical (unpaired) electrons. The second kappa shape index (κ2) is 56.1. The number of Topliss-reactive ketones (excluding diaryl/α,β-unsaturated/α-hetero) is 5. The van der Waals surface area contributed by atoms with Crippen LogP contribution in [0.5, 0.6) is 28.7 Å². The highest BCUT2D eigenvalue weighted by atomic mass is 19.1. The average Bonchev–Trinajstić information content (AvgIpc) is 0.817. The summed E-state index contributed by atoms with van der Waals surface area (Å²) < 4.78 is 32.1. The number of hydrogen-bond donors (Lipinski definition) is 9. The van der Waals surface area contributed by atoms with Crippen molar-refractivity contribution in [3.8, 4) is 28.7 Å². The van der Waals surface area contributed by atoms with Crippen molar-refractivity contribution < 1.29 is 96.6 Å². The first kappa shape index (κ1) is 121. The number of nitrogens with zero attached hydrogens (tertiary/aromatic N) is 7. The highest BCUT2D eigenvalue weighted by Gasteiger charge is 2.42. The maximum absolute atomic E-state index is 13.9. The van der Waals surface area contributed by atoms with Gasteiger partial charge in [-0.3, -0.25) is 57.6 Å². The molecule has 139 heavy (non-hydrogen) atoms. The SMILES string of the molecule is CC(=O)[C@H](Cc1ccc(O)c(C)c1)N(C)C(=O)[C@H](C(C)C)N(C)C.CC(=O)[C@H](Cc1ccc(O)c(C)c1)N(C)C(=O)[C@H](C(C)C)N(C)C(=O)[C@@H](N)Cc1ccc(F)cc1.CC(=O)[C@H](Cc1ccc(O)c(C)c1)N(C)C(=O)[C@H](C(C)C)N(C)C(=O)[C@H](Cc1ccc(F)cc1)NC(=O)OC(C)(C)C.CN[C@@H](Cc1ccc(O)c(C)c1)C(C)=O.CN[C@H](C(=O)N(C)[C@@H](Cc1ccc(O)c(C)c1)C(C)=O)C(C)C. The molecule has 0 aromatic heterocycles. The van der Waals surface area contributed by atoms with Crippen molar-refractivity contribution in [2.75, 3.05) is 70.5 Å². The predicted octanol–water partition coefficient (Wildman–Crippen LogP) is 12.8. The fourth-order valence-electron chi connectivity index (χ4n) is 16.4. The number of likely N-dealkylation sites (N-methyl/N-ethyl adjacent to an activating group) is 9. The van der Waals surface area contributed by atoms with Crippen molar-refractivity contribution in [2.45, 2.75) is 262 Å². The Morgan fingerprint density at radius 3 is 0.835 bits per heavy atom. The highest BCUT2D eigenvalue weighted by molar-refractivity contribution is 5.96. The smallest absolute Gasteiger partial charge is 0.408 e. The average molecular weight is 1930 g/mol. The van der Waals surface area contributed by atoms with Crippen LogP contribution in [0, 0.1) is 69.9 Å². The molecule has 7 aromatic rings. The summed E-state index contributed by atoms with van der Waals surface area (Å²) in [5.74, 6) is -2.31. The van der Waals surface area contributed by atoms with Crippen LogP contribution in [0.2, 0.25) is 0 Å². The molecule has 0 bridgehead atoms. The largest absolute Gasteiger partial charge is 0.508 e. The van der Waals surface area contributed by atoms with Gasteiger partial charge in [0.1, 0.15) is 69.9 Å². The maximum Gasteiger partial charge on any atom is 0.408 e. The van der Waals surface area contributed by atoms with E-state index in [1.165, 1.54) is 110 Å². The van der Waals surface area contributed by atoms with Crippen molar-refractivity contribution in [1.82, 2.24) is 50.2 Å². The lowest BCUT2D eigenvalue weighted by atomic mass is 9.96. The fourth-order valence-corrected chi connectivity index (χ4v) is 16.4. The topological polar surface area (TPSA) is 400 Å². The first-order chi connectivity index (χ1) is 64.5. The molecule has 0 aliphatic carbocycles. The molecule has 0 fully saturated rings. The van der Waals surface area contributed by atoms with Gasteiger partial charge in [-0.25, -0.2) is 13.6 Å². The molecule has 7 amide bonds. The molecular weight excluding hydrogens is 1780 g/mol. The van der Waals surface area contributed by atoms with E-state index in [0.29, 0.717) is 47.3 Å². The molecule has 10 N–H and O–H groups in total. The minimum Gasteiger partial charge on any atom is -0.508 e.